The number of aliphatic hydroxyl groups excluding tert-OH is 21. The van der Waals surface area contributed by atoms with Crippen molar-refractivity contribution in [2.75, 3.05) is 6.79 Å². The molecule has 71 heavy (non-hydrogen) atoms. The van der Waals surface area contributed by atoms with Crippen LogP contribution < -0.4 is 0 Å². The zero-order chi connectivity index (χ0) is 52.2. The molecule has 12 bridgehead atoms. The third-order valence-electron chi connectivity index (χ3n) is 12.5. The van der Waals surface area contributed by atoms with E-state index in [9.17, 15) is 107 Å². The highest BCUT2D eigenvalue weighted by Crippen LogP contribution is 2.36. The number of aliphatic hydroxyl groups is 21. The summed E-state index contributed by atoms with van der Waals surface area (Å²) in [5.74, 6) is 0. The van der Waals surface area contributed by atoms with Gasteiger partial charge in [-0.15, -0.1) is 0 Å². The van der Waals surface area contributed by atoms with Crippen LogP contribution in [0.15, 0.2) is 0 Å². The van der Waals surface area contributed by atoms with Crippen molar-refractivity contribution in [3.63, 3.8) is 0 Å². The van der Waals surface area contributed by atoms with Crippen LogP contribution in [0.5, 0.6) is 0 Å². The third kappa shape index (κ3) is 11.8. The minimum atomic E-state index is -2.43. The van der Waals surface area contributed by atoms with E-state index < -0.39 is 217 Å². The molecule has 13 rings (SSSR count). The summed E-state index contributed by atoms with van der Waals surface area (Å²) in [7, 11) is 0. The Bertz CT molecular complexity index is 1680. The normalized spacial score (nSPS) is 56.2. The van der Waals surface area contributed by atoms with Gasteiger partial charge in [0.05, 0.1) is 6.10 Å². The van der Waals surface area contributed by atoms with Crippen molar-refractivity contribution in [2.45, 2.75) is 217 Å². The maximum atomic E-state index is 11.0. The lowest BCUT2D eigenvalue weighted by atomic mass is 10.00. The predicted molar refractivity (Wildman–Crippen MR) is 201 cm³/mol. The van der Waals surface area contributed by atoms with Crippen LogP contribution in [0.2, 0.25) is 0 Å². The van der Waals surface area contributed by atoms with E-state index in [1.54, 1.807) is 0 Å². The second-order valence-corrected chi connectivity index (χ2v) is 17.4. The Morgan fingerprint density at radius 2 is 0.493 bits per heavy atom. The lowest BCUT2D eigenvalue weighted by molar-refractivity contribution is -0.431. The van der Waals surface area contributed by atoms with E-state index in [4.69, 9.17) is 66.3 Å². The van der Waals surface area contributed by atoms with Gasteiger partial charge in [0, 0.05) is 0 Å². The first kappa shape index (κ1) is 57.3. The van der Waals surface area contributed by atoms with E-state index in [2.05, 4.69) is 0 Å². The average Bonchev–Trinajstić information content (AvgIpc) is 3.31. The van der Waals surface area contributed by atoms with E-state index in [0.717, 1.165) is 6.92 Å². The van der Waals surface area contributed by atoms with E-state index in [-0.39, 0.29) is 0 Å². The molecule has 21 N–H and O–H groups in total. The maximum Gasteiger partial charge on any atom is 0.189 e. The molecule has 13 saturated heterocycles. The van der Waals surface area contributed by atoms with Crippen LogP contribution in [-0.4, -0.2) is 324 Å². The number of ether oxygens (including phenoxy) is 14. The molecule has 0 saturated carbocycles. The zero-order valence-corrected chi connectivity index (χ0v) is 36.4. The molecule has 414 valence electrons. The second kappa shape index (κ2) is 23.5. The predicted octanol–water partition coefficient (Wildman–Crippen LogP) is -14.9. The first-order chi connectivity index (χ1) is 33.3. The number of hydrogen-bond acceptors (Lipinski definition) is 35. The van der Waals surface area contributed by atoms with Gasteiger partial charge in [-0.25, -0.2) is 0 Å². The summed E-state index contributed by atoms with van der Waals surface area (Å²) in [6.45, 7) is -0.180. The quantitative estimate of drug-likeness (QED) is 0.122. The molecule has 35 heteroatoms. The first-order valence-corrected chi connectivity index (χ1v) is 21.7. The summed E-state index contributed by atoms with van der Waals surface area (Å²) in [5.41, 5.74) is 0. The van der Waals surface area contributed by atoms with E-state index >= 15 is 0 Å². The number of hydrogen-bond donors (Lipinski definition) is 21. The Hall–Kier alpha value is -1.40. The van der Waals surface area contributed by atoms with Gasteiger partial charge in [0.2, 0.25) is 0 Å². The molecule has 0 aromatic rings. The van der Waals surface area contributed by atoms with E-state index in [1.807, 2.05) is 0 Å². The van der Waals surface area contributed by atoms with Crippen molar-refractivity contribution in [1.29, 1.82) is 0 Å². The highest BCUT2D eigenvalue weighted by molar-refractivity contribution is 4.96. The highest BCUT2D eigenvalue weighted by atomic mass is 16.8. The van der Waals surface area contributed by atoms with Gasteiger partial charge in [-0.2, -0.15) is 0 Å². The van der Waals surface area contributed by atoms with Crippen molar-refractivity contribution in [3.8, 4) is 0 Å². The molecule has 13 aliphatic heterocycles. The van der Waals surface area contributed by atoms with Crippen LogP contribution in [0.1, 0.15) is 6.92 Å². The molecule has 0 aromatic heterocycles. The Balaban J connectivity index is 1.11. The Kier molecular flexibility index (Phi) is 18.9. The fourth-order valence-electron chi connectivity index (χ4n) is 8.31. The largest absolute Gasteiger partial charge is 0.391 e. The Labute approximate surface area is 397 Å². The Morgan fingerprint density at radius 1 is 0.268 bits per heavy atom. The first-order valence-electron chi connectivity index (χ1n) is 21.7. The summed E-state index contributed by atoms with van der Waals surface area (Å²) in [6.07, 6.45) is -76.2. The van der Waals surface area contributed by atoms with Gasteiger partial charge in [0.25, 0.3) is 0 Å². The number of fused-ring (bicyclic) bond motifs is 6. The van der Waals surface area contributed by atoms with Crippen molar-refractivity contribution >= 4 is 0 Å². The van der Waals surface area contributed by atoms with Gasteiger partial charge in [-0.3, -0.25) is 0 Å². The molecular weight excluding hydrogens is 992 g/mol. The minimum absolute atomic E-state index is 1.00. The molecule has 0 aromatic carbocycles. The van der Waals surface area contributed by atoms with Crippen LogP contribution in [0, 0.1) is 0 Å². The summed E-state index contributed by atoms with van der Waals surface area (Å²) >= 11 is 0. The van der Waals surface area contributed by atoms with Gasteiger partial charge in [0.1, 0.15) is 122 Å². The lowest BCUT2D eigenvalue weighted by Gasteiger charge is -2.48. The van der Waals surface area contributed by atoms with Gasteiger partial charge in [-0.1, -0.05) is 0 Å². The minimum Gasteiger partial charge on any atom is -0.391 e. The SMILES string of the molecule is CC(O)C(O)C1OC2OC(O)C(OC3OC(O)C(OC4OC(O)C(OC5OC(O)C(OC6OC(O)C(OC7OC(O)C(OCOC1O)C(O)C7O)C(O)C6O)C(O)C5O)C(O)C4O)C(O)C3O)C(O)C2O. The summed E-state index contributed by atoms with van der Waals surface area (Å²) < 4.78 is 73.2. The molecule has 0 radical (unpaired) electrons. The third-order valence-corrected chi connectivity index (χ3v) is 12.5. The topological polar surface area (TPSA) is 554 Å². The summed E-state index contributed by atoms with van der Waals surface area (Å²) in [6, 6.07) is 0. The van der Waals surface area contributed by atoms with Crippen LogP contribution in [0.25, 0.3) is 0 Å². The maximum absolute atomic E-state index is 11.0. The molecular formula is C36H60O35. The molecule has 13 heterocycles. The zero-order valence-electron chi connectivity index (χ0n) is 36.4. The lowest BCUT2D eigenvalue weighted by Crippen LogP contribution is -2.67. The molecule has 0 aliphatic carbocycles. The van der Waals surface area contributed by atoms with Crippen LogP contribution in [0.4, 0.5) is 0 Å². The molecule has 13 fully saturated rings. The molecule has 35 nitrogen and oxygen atoms in total. The fraction of sp³-hybridized carbons (Fsp3) is 1.00. The van der Waals surface area contributed by atoms with Gasteiger partial charge in [0.15, 0.2) is 88.6 Å². The fourth-order valence-corrected chi connectivity index (χ4v) is 8.31. The smallest absolute Gasteiger partial charge is 0.189 e. The number of rotatable bonds is 2. The van der Waals surface area contributed by atoms with Gasteiger partial charge >= 0.3 is 0 Å². The summed E-state index contributed by atoms with van der Waals surface area (Å²) in [5, 5.41) is 227. The molecule has 34 unspecified atom stereocenters. The van der Waals surface area contributed by atoms with Crippen molar-refractivity contribution in [3.05, 3.63) is 0 Å². The molecule has 0 amide bonds. The Morgan fingerprint density at radius 3 is 0.746 bits per heavy atom. The van der Waals surface area contributed by atoms with E-state index in [0.29, 0.717) is 0 Å². The molecule has 0 spiro atoms. The monoisotopic (exact) mass is 1050 g/mol. The summed E-state index contributed by atoms with van der Waals surface area (Å²) in [4.78, 5) is 0. The van der Waals surface area contributed by atoms with Crippen LogP contribution in [0.3, 0.4) is 0 Å². The highest BCUT2D eigenvalue weighted by Gasteiger charge is 2.58. The van der Waals surface area contributed by atoms with Crippen molar-refractivity contribution < 1.29 is 174 Å². The second-order valence-electron chi connectivity index (χ2n) is 17.4. The van der Waals surface area contributed by atoms with Crippen LogP contribution in [-0.2, 0) is 66.3 Å². The molecule has 13 aliphatic rings. The van der Waals surface area contributed by atoms with Gasteiger partial charge in [-0.05, 0) is 6.92 Å². The standard InChI is InChI=1S/C36H60O35/c1-3(37)4(38)18-24(51)59-2-58-17-5(39)11(45)31(66-25(17)52)61-19-7(41)13(47)33(68-27(19)54)63-21-9(43)15(49)35(70-29(21)56)65-23-10(44)16(50)36(71-30(23)57)64-22-8(42)14(48)34(69-28(22)55)62-20-6(40)12(46)32(60-18)67-26(20)53/h3-57H,2H2,1H3. The van der Waals surface area contributed by atoms with Gasteiger partial charge < -0.3 is 174 Å². The van der Waals surface area contributed by atoms with Crippen LogP contribution >= 0.6 is 0 Å². The average molecular weight is 1050 g/mol. The molecule has 34 atom stereocenters. The van der Waals surface area contributed by atoms with Crippen molar-refractivity contribution in [1.82, 2.24) is 0 Å². The van der Waals surface area contributed by atoms with Crippen molar-refractivity contribution in [2.24, 2.45) is 0 Å². The van der Waals surface area contributed by atoms with E-state index in [1.165, 1.54) is 0 Å².